The van der Waals surface area contributed by atoms with Gasteiger partial charge in [0.2, 0.25) is 0 Å². The molecule has 5 heteroatoms. The van der Waals surface area contributed by atoms with Gasteiger partial charge in [-0.1, -0.05) is 13.8 Å². The van der Waals surface area contributed by atoms with Crippen LogP contribution >= 0.6 is 0 Å². The van der Waals surface area contributed by atoms with Gasteiger partial charge in [-0.25, -0.2) is 4.39 Å². The quantitative estimate of drug-likeness (QED) is 0.808. The zero-order valence-corrected chi connectivity index (χ0v) is 12.1. The minimum atomic E-state index is -0.873. The maximum Gasteiger partial charge on any atom is 0.258 e. The fraction of sp³-hybridized carbons (Fsp3) is 0.533. The summed E-state index contributed by atoms with van der Waals surface area (Å²) >= 11 is 0. The Morgan fingerprint density at radius 1 is 1.40 bits per heavy atom. The summed E-state index contributed by atoms with van der Waals surface area (Å²) in [5.74, 6) is -0.497. The van der Waals surface area contributed by atoms with Crippen molar-refractivity contribution in [2.75, 3.05) is 6.61 Å². The molecule has 0 radical (unpaired) electrons. The van der Waals surface area contributed by atoms with Crippen LogP contribution in [0.15, 0.2) is 18.2 Å². The largest absolute Gasteiger partial charge is 0.484 e. The second-order valence-electron chi connectivity index (χ2n) is 4.73. The van der Waals surface area contributed by atoms with E-state index in [1.165, 1.54) is 25.1 Å². The summed E-state index contributed by atoms with van der Waals surface area (Å²) in [5, 5.41) is 12.2. The molecule has 0 spiro atoms. The monoisotopic (exact) mass is 283 g/mol. The summed E-state index contributed by atoms with van der Waals surface area (Å²) in [6.07, 6.45) is 0.849. The Hall–Kier alpha value is -1.62. The molecule has 0 unspecified atom stereocenters. The van der Waals surface area contributed by atoms with Crippen molar-refractivity contribution in [2.24, 2.45) is 0 Å². The standard InChI is InChI=1S/C15H22FNO3/c1-4-11(5-2)17-15(19)9-20-12-6-7-13(10(3)18)14(16)8-12/h6-8,10-11,18H,4-5,9H2,1-3H3,(H,17,19)/t10-/m0/s1. The first-order valence-corrected chi connectivity index (χ1v) is 6.87. The van der Waals surface area contributed by atoms with Crippen LogP contribution in [0.4, 0.5) is 4.39 Å². The first-order valence-electron chi connectivity index (χ1n) is 6.87. The first kappa shape index (κ1) is 16.4. The molecule has 0 heterocycles. The molecule has 20 heavy (non-hydrogen) atoms. The molecule has 112 valence electrons. The van der Waals surface area contributed by atoms with Crippen LogP contribution in [-0.4, -0.2) is 23.7 Å². The number of hydrogen-bond donors (Lipinski definition) is 2. The molecule has 0 bridgehead atoms. The van der Waals surface area contributed by atoms with Crippen LogP contribution in [0.3, 0.4) is 0 Å². The van der Waals surface area contributed by atoms with Crippen molar-refractivity contribution in [3.05, 3.63) is 29.6 Å². The molecular weight excluding hydrogens is 261 g/mol. The van der Waals surface area contributed by atoms with E-state index in [-0.39, 0.29) is 29.9 Å². The number of halogens is 1. The van der Waals surface area contributed by atoms with Gasteiger partial charge in [0.25, 0.3) is 5.91 Å². The Morgan fingerprint density at radius 2 is 2.05 bits per heavy atom. The molecule has 0 saturated carbocycles. The summed E-state index contributed by atoms with van der Waals surface area (Å²) < 4.78 is 18.8. The average molecular weight is 283 g/mol. The number of hydrogen-bond acceptors (Lipinski definition) is 3. The van der Waals surface area contributed by atoms with Gasteiger partial charge in [0.1, 0.15) is 11.6 Å². The number of benzene rings is 1. The molecule has 1 aromatic carbocycles. The molecular formula is C15H22FNO3. The summed E-state index contributed by atoms with van der Waals surface area (Å²) in [4.78, 5) is 11.6. The molecule has 4 nitrogen and oxygen atoms in total. The van der Waals surface area contributed by atoms with Crippen molar-refractivity contribution >= 4 is 5.91 Å². The third-order valence-electron chi connectivity index (χ3n) is 3.14. The lowest BCUT2D eigenvalue weighted by Gasteiger charge is -2.15. The smallest absolute Gasteiger partial charge is 0.258 e. The Labute approximate surface area is 119 Å². The van der Waals surface area contributed by atoms with Gasteiger partial charge in [0.05, 0.1) is 6.10 Å². The number of aliphatic hydroxyl groups is 1. The lowest BCUT2D eigenvalue weighted by atomic mass is 10.1. The SMILES string of the molecule is CCC(CC)NC(=O)COc1ccc([C@H](C)O)c(F)c1. The highest BCUT2D eigenvalue weighted by Gasteiger charge is 2.11. The van der Waals surface area contributed by atoms with E-state index >= 15 is 0 Å². The van der Waals surface area contributed by atoms with E-state index in [9.17, 15) is 14.3 Å². The Bertz CT molecular complexity index is 445. The van der Waals surface area contributed by atoms with E-state index in [1.54, 1.807) is 0 Å². The molecule has 0 aliphatic heterocycles. The minimum Gasteiger partial charge on any atom is -0.484 e. The van der Waals surface area contributed by atoms with Crippen molar-refractivity contribution in [2.45, 2.75) is 45.8 Å². The number of carbonyl (C=O) groups excluding carboxylic acids is 1. The zero-order valence-electron chi connectivity index (χ0n) is 12.1. The second kappa shape index (κ2) is 7.85. The Balaban J connectivity index is 2.53. The molecule has 1 amide bonds. The van der Waals surface area contributed by atoms with Crippen LogP contribution in [0.1, 0.15) is 45.3 Å². The predicted molar refractivity (Wildman–Crippen MR) is 75.0 cm³/mol. The number of nitrogens with one attached hydrogen (secondary N) is 1. The zero-order chi connectivity index (χ0) is 15.1. The van der Waals surface area contributed by atoms with Crippen LogP contribution in [0, 0.1) is 5.82 Å². The fourth-order valence-electron chi connectivity index (χ4n) is 1.85. The van der Waals surface area contributed by atoms with Crippen LogP contribution < -0.4 is 10.1 Å². The van der Waals surface area contributed by atoms with Crippen LogP contribution in [-0.2, 0) is 4.79 Å². The number of aliphatic hydroxyl groups excluding tert-OH is 1. The van der Waals surface area contributed by atoms with E-state index in [1.807, 2.05) is 13.8 Å². The van der Waals surface area contributed by atoms with E-state index in [2.05, 4.69) is 5.32 Å². The van der Waals surface area contributed by atoms with E-state index < -0.39 is 11.9 Å². The topological polar surface area (TPSA) is 58.6 Å². The van der Waals surface area contributed by atoms with E-state index in [0.717, 1.165) is 12.8 Å². The number of rotatable bonds is 7. The van der Waals surface area contributed by atoms with E-state index in [4.69, 9.17) is 4.74 Å². The molecule has 0 fully saturated rings. The van der Waals surface area contributed by atoms with Crippen molar-refractivity contribution in [1.82, 2.24) is 5.32 Å². The Kier molecular flexibility index (Phi) is 6.45. The van der Waals surface area contributed by atoms with Gasteiger partial charge in [-0.15, -0.1) is 0 Å². The summed E-state index contributed by atoms with van der Waals surface area (Å²) in [5.41, 5.74) is 0.207. The van der Waals surface area contributed by atoms with Crippen molar-refractivity contribution in [3.8, 4) is 5.75 Å². The highest BCUT2D eigenvalue weighted by Crippen LogP contribution is 2.21. The van der Waals surface area contributed by atoms with Crippen molar-refractivity contribution in [3.63, 3.8) is 0 Å². The lowest BCUT2D eigenvalue weighted by molar-refractivity contribution is -0.123. The molecule has 2 N–H and O–H groups in total. The molecule has 0 saturated heterocycles. The number of amides is 1. The first-order chi connectivity index (χ1) is 9.47. The molecule has 1 atom stereocenters. The fourth-order valence-corrected chi connectivity index (χ4v) is 1.85. The van der Waals surface area contributed by atoms with Crippen molar-refractivity contribution < 1.29 is 19.0 Å². The number of carbonyl (C=O) groups is 1. The summed E-state index contributed by atoms with van der Waals surface area (Å²) in [6, 6.07) is 4.30. The molecule has 0 aromatic heterocycles. The van der Waals surface area contributed by atoms with Crippen LogP contribution in [0.25, 0.3) is 0 Å². The van der Waals surface area contributed by atoms with Crippen LogP contribution in [0.2, 0.25) is 0 Å². The summed E-state index contributed by atoms with van der Waals surface area (Å²) in [6.45, 7) is 5.34. The average Bonchev–Trinajstić information content (AvgIpc) is 2.42. The van der Waals surface area contributed by atoms with Gasteiger partial charge < -0.3 is 15.2 Å². The molecule has 1 rings (SSSR count). The third-order valence-corrected chi connectivity index (χ3v) is 3.14. The lowest BCUT2D eigenvalue weighted by Crippen LogP contribution is -2.37. The highest BCUT2D eigenvalue weighted by atomic mass is 19.1. The normalized spacial score (nSPS) is 12.3. The minimum absolute atomic E-state index is 0.139. The van der Waals surface area contributed by atoms with Gasteiger partial charge in [0, 0.05) is 17.7 Å². The summed E-state index contributed by atoms with van der Waals surface area (Å²) in [7, 11) is 0. The number of ether oxygens (including phenoxy) is 1. The molecule has 1 aromatic rings. The van der Waals surface area contributed by atoms with Gasteiger partial charge in [-0.3, -0.25) is 4.79 Å². The Morgan fingerprint density at radius 3 is 2.55 bits per heavy atom. The molecule has 0 aliphatic carbocycles. The van der Waals surface area contributed by atoms with Crippen molar-refractivity contribution in [1.29, 1.82) is 0 Å². The van der Waals surface area contributed by atoms with Gasteiger partial charge >= 0.3 is 0 Å². The predicted octanol–water partition coefficient (Wildman–Crippen LogP) is 2.56. The van der Waals surface area contributed by atoms with Gasteiger partial charge in [0.15, 0.2) is 6.61 Å². The second-order valence-corrected chi connectivity index (χ2v) is 4.73. The van der Waals surface area contributed by atoms with E-state index in [0.29, 0.717) is 0 Å². The third kappa shape index (κ3) is 4.81. The van der Waals surface area contributed by atoms with Gasteiger partial charge in [-0.05, 0) is 31.9 Å². The highest BCUT2D eigenvalue weighted by molar-refractivity contribution is 5.77. The molecule has 0 aliphatic rings. The maximum atomic E-state index is 13.6. The maximum absolute atomic E-state index is 13.6. The van der Waals surface area contributed by atoms with Crippen LogP contribution in [0.5, 0.6) is 5.75 Å². The van der Waals surface area contributed by atoms with Gasteiger partial charge in [-0.2, -0.15) is 0 Å².